The summed E-state index contributed by atoms with van der Waals surface area (Å²) in [4.78, 5) is 27.7. The number of aromatic nitrogens is 1. The number of pyridine rings is 1. The Morgan fingerprint density at radius 3 is 2.42 bits per heavy atom. The van der Waals surface area contributed by atoms with Crippen molar-refractivity contribution >= 4 is 22.8 Å². The van der Waals surface area contributed by atoms with Gasteiger partial charge >= 0.3 is 0 Å². The number of aryl methyl sites for hydroxylation is 3. The molecule has 0 aliphatic carbocycles. The summed E-state index contributed by atoms with van der Waals surface area (Å²) >= 11 is 0. The van der Waals surface area contributed by atoms with Crippen LogP contribution in [-0.2, 0) is 0 Å². The maximum absolute atomic E-state index is 12.6. The Morgan fingerprint density at radius 2 is 1.71 bits per heavy atom. The first kappa shape index (κ1) is 15.9. The van der Waals surface area contributed by atoms with Gasteiger partial charge in [0.05, 0.1) is 5.56 Å². The van der Waals surface area contributed by atoms with E-state index in [1.807, 2.05) is 63.2 Å². The normalized spacial score (nSPS) is 11.3. The van der Waals surface area contributed by atoms with Gasteiger partial charge in [-0.15, -0.1) is 0 Å². The number of rotatable bonds is 3. The van der Waals surface area contributed by atoms with Gasteiger partial charge in [0, 0.05) is 10.9 Å². The zero-order valence-corrected chi connectivity index (χ0v) is 14.0. The van der Waals surface area contributed by atoms with Gasteiger partial charge in [-0.1, -0.05) is 48.0 Å². The monoisotopic (exact) mass is 317 g/mol. The maximum Gasteiger partial charge on any atom is 0.259 e. The summed E-state index contributed by atoms with van der Waals surface area (Å²) in [7, 11) is 0. The van der Waals surface area contributed by atoms with Gasteiger partial charge in [0.15, 0.2) is 5.78 Å². The molecule has 2 aromatic carbocycles. The smallest absolute Gasteiger partial charge is 0.259 e. The topological polar surface area (TPSA) is 49.9 Å². The van der Waals surface area contributed by atoms with Gasteiger partial charge in [-0.25, -0.2) is 0 Å². The molecule has 0 amide bonds. The third-order valence-corrected chi connectivity index (χ3v) is 4.25. The highest BCUT2D eigenvalue weighted by Gasteiger charge is 2.15. The average Bonchev–Trinajstić information content (AvgIpc) is 2.54. The molecular formula is C21H19NO2. The predicted octanol–water partition coefficient (Wildman–Crippen LogP) is 4.35. The largest absolute Gasteiger partial charge is 0.321 e. The minimum Gasteiger partial charge on any atom is -0.321 e. The summed E-state index contributed by atoms with van der Waals surface area (Å²) in [6.07, 6.45) is 3.20. The van der Waals surface area contributed by atoms with E-state index in [2.05, 4.69) is 4.98 Å². The van der Waals surface area contributed by atoms with Gasteiger partial charge in [-0.2, -0.15) is 0 Å². The number of allylic oxidation sites excluding steroid dienone is 1. The molecule has 0 saturated heterocycles. The van der Waals surface area contributed by atoms with Gasteiger partial charge in [0.25, 0.3) is 5.56 Å². The molecule has 1 heterocycles. The highest BCUT2D eigenvalue weighted by atomic mass is 16.1. The van der Waals surface area contributed by atoms with Gasteiger partial charge in [0.1, 0.15) is 0 Å². The van der Waals surface area contributed by atoms with Crippen molar-refractivity contribution in [3.63, 3.8) is 0 Å². The highest BCUT2D eigenvalue weighted by Crippen LogP contribution is 2.21. The van der Waals surface area contributed by atoms with Crippen LogP contribution >= 0.6 is 0 Å². The molecule has 0 fully saturated rings. The van der Waals surface area contributed by atoms with Crippen molar-refractivity contribution in [1.82, 2.24) is 4.98 Å². The summed E-state index contributed by atoms with van der Waals surface area (Å²) < 4.78 is 0. The fraction of sp³-hybridized carbons (Fsp3) is 0.143. The quantitative estimate of drug-likeness (QED) is 0.577. The van der Waals surface area contributed by atoms with Crippen LogP contribution in [0.5, 0.6) is 0 Å². The average molecular weight is 317 g/mol. The van der Waals surface area contributed by atoms with Crippen LogP contribution in [0.25, 0.3) is 17.0 Å². The fourth-order valence-corrected chi connectivity index (χ4v) is 2.98. The molecule has 1 aromatic heterocycles. The molecule has 0 spiro atoms. The molecule has 3 nitrogen and oxygen atoms in total. The number of carbonyl (C=O) groups excluding carboxylic acids is 1. The summed E-state index contributed by atoms with van der Waals surface area (Å²) in [6.45, 7) is 5.82. The summed E-state index contributed by atoms with van der Waals surface area (Å²) in [5.74, 6) is -0.278. The number of fused-ring (bicyclic) bond motifs is 1. The van der Waals surface area contributed by atoms with Gasteiger partial charge in [-0.05, 0) is 49.6 Å². The lowest BCUT2D eigenvalue weighted by Gasteiger charge is -2.09. The van der Waals surface area contributed by atoms with E-state index in [1.54, 1.807) is 6.08 Å². The van der Waals surface area contributed by atoms with Crippen molar-refractivity contribution in [1.29, 1.82) is 0 Å². The van der Waals surface area contributed by atoms with E-state index < -0.39 is 0 Å². The van der Waals surface area contributed by atoms with Crippen molar-refractivity contribution in [2.45, 2.75) is 20.8 Å². The highest BCUT2D eigenvalue weighted by molar-refractivity contribution is 6.09. The molecule has 1 N–H and O–H groups in total. The molecule has 0 unspecified atom stereocenters. The molecule has 0 saturated carbocycles. The first-order chi connectivity index (χ1) is 11.5. The van der Waals surface area contributed by atoms with E-state index in [1.165, 1.54) is 6.08 Å². The standard InChI is InChI=1S/C21H19NO2/c1-13-7-9-16(10-8-13)11-12-18(23)20-15(3)19-14(2)5-4-6-17(19)22-21(20)24/h4-12H,1-3H3,(H,22,24)/b12-11+. The predicted molar refractivity (Wildman–Crippen MR) is 98.6 cm³/mol. The Balaban J connectivity index is 2.05. The van der Waals surface area contributed by atoms with E-state index in [-0.39, 0.29) is 16.9 Å². The van der Waals surface area contributed by atoms with Crippen LogP contribution in [0, 0.1) is 20.8 Å². The second kappa shape index (κ2) is 6.28. The van der Waals surface area contributed by atoms with Gasteiger partial charge in [0.2, 0.25) is 0 Å². The Morgan fingerprint density at radius 1 is 1.00 bits per heavy atom. The van der Waals surface area contributed by atoms with Crippen LogP contribution in [0.15, 0.2) is 53.3 Å². The van der Waals surface area contributed by atoms with E-state index >= 15 is 0 Å². The Labute approximate surface area is 140 Å². The number of ketones is 1. The summed E-state index contributed by atoms with van der Waals surface area (Å²) in [6, 6.07) is 13.6. The number of carbonyl (C=O) groups is 1. The van der Waals surface area contributed by atoms with E-state index in [0.717, 1.165) is 33.2 Å². The van der Waals surface area contributed by atoms with Crippen LogP contribution in [0.1, 0.15) is 32.6 Å². The number of nitrogens with one attached hydrogen (secondary N) is 1. The van der Waals surface area contributed by atoms with Gasteiger partial charge < -0.3 is 4.98 Å². The van der Waals surface area contributed by atoms with E-state index in [0.29, 0.717) is 0 Å². The molecule has 0 atom stereocenters. The minimum absolute atomic E-state index is 0.208. The Hall–Kier alpha value is -2.94. The molecule has 3 aromatic rings. The second-order valence-corrected chi connectivity index (χ2v) is 6.06. The van der Waals surface area contributed by atoms with Crippen LogP contribution in [0.4, 0.5) is 0 Å². The molecule has 0 aliphatic heterocycles. The molecule has 3 heteroatoms. The Bertz CT molecular complexity index is 1010. The number of hydrogen-bond donors (Lipinski definition) is 1. The second-order valence-electron chi connectivity index (χ2n) is 6.06. The maximum atomic E-state index is 12.6. The molecule has 0 bridgehead atoms. The SMILES string of the molecule is Cc1ccc(/C=C/C(=O)c2c(C)c3c(C)cccc3[nH]c2=O)cc1. The fourth-order valence-electron chi connectivity index (χ4n) is 2.98. The van der Waals surface area contributed by atoms with Crippen LogP contribution in [0.2, 0.25) is 0 Å². The van der Waals surface area contributed by atoms with Crippen molar-refractivity contribution in [3.05, 3.63) is 86.7 Å². The number of hydrogen-bond acceptors (Lipinski definition) is 2. The van der Waals surface area contributed by atoms with Crippen LogP contribution in [0.3, 0.4) is 0 Å². The third kappa shape index (κ3) is 2.93. The lowest BCUT2D eigenvalue weighted by molar-refractivity contribution is 0.104. The number of aromatic amines is 1. The summed E-state index contributed by atoms with van der Waals surface area (Å²) in [5, 5.41) is 0.934. The molecule has 0 radical (unpaired) electrons. The Kier molecular flexibility index (Phi) is 4.17. The summed E-state index contributed by atoms with van der Waals surface area (Å²) in [5.41, 5.74) is 4.49. The molecule has 24 heavy (non-hydrogen) atoms. The van der Waals surface area contributed by atoms with Crippen molar-refractivity contribution < 1.29 is 4.79 Å². The minimum atomic E-state index is -0.343. The van der Waals surface area contributed by atoms with E-state index in [9.17, 15) is 9.59 Å². The first-order valence-electron chi connectivity index (χ1n) is 7.88. The molecule has 3 rings (SSSR count). The number of H-pyrrole nitrogens is 1. The molecule has 0 aliphatic rings. The van der Waals surface area contributed by atoms with Crippen molar-refractivity contribution in [2.24, 2.45) is 0 Å². The number of benzene rings is 2. The van der Waals surface area contributed by atoms with Gasteiger partial charge in [-0.3, -0.25) is 9.59 Å². The zero-order valence-electron chi connectivity index (χ0n) is 14.0. The third-order valence-electron chi connectivity index (χ3n) is 4.25. The van der Waals surface area contributed by atoms with Crippen LogP contribution < -0.4 is 5.56 Å². The molecular weight excluding hydrogens is 298 g/mol. The first-order valence-corrected chi connectivity index (χ1v) is 7.88. The lowest BCUT2D eigenvalue weighted by Crippen LogP contribution is -2.19. The van der Waals surface area contributed by atoms with Crippen molar-refractivity contribution in [2.75, 3.05) is 0 Å². The van der Waals surface area contributed by atoms with E-state index in [4.69, 9.17) is 0 Å². The molecule has 120 valence electrons. The lowest BCUT2D eigenvalue weighted by atomic mass is 9.98. The zero-order chi connectivity index (χ0) is 17.3. The van der Waals surface area contributed by atoms with Crippen molar-refractivity contribution in [3.8, 4) is 0 Å². The van der Waals surface area contributed by atoms with Crippen LogP contribution in [-0.4, -0.2) is 10.8 Å².